The van der Waals surface area contributed by atoms with Crippen molar-refractivity contribution < 1.29 is 14.1 Å². The maximum Gasteiger partial charge on any atom is 0.277 e. The van der Waals surface area contributed by atoms with E-state index in [0.29, 0.717) is 34.9 Å². The van der Waals surface area contributed by atoms with E-state index in [1.54, 1.807) is 31.3 Å². The minimum Gasteiger partial charge on any atom is -0.464 e. The van der Waals surface area contributed by atoms with Gasteiger partial charge in [0.15, 0.2) is 12.4 Å². The lowest BCUT2D eigenvalue weighted by atomic mass is 10.2. The molecule has 3 rings (SSSR count). The number of carbonyl (C=O) groups is 1. The molecular weight excluding hydrogens is 328 g/mol. The molecule has 126 valence electrons. The van der Waals surface area contributed by atoms with Gasteiger partial charge in [-0.2, -0.15) is 0 Å². The van der Waals surface area contributed by atoms with Crippen LogP contribution in [0, 0.1) is 0 Å². The summed E-state index contributed by atoms with van der Waals surface area (Å²) in [6, 6.07) is 3.61. The first-order valence-electron chi connectivity index (χ1n) is 7.51. The number of quaternary nitrogens is 1. The second-order valence-corrected chi connectivity index (χ2v) is 6.78. The minimum absolute atomic E-state index is 0.0344. The van der Waals surface area contributed by atoms with Crippen LogP contribution < -0.4 is 10.5 Å². The predicted molar refractivity (Wildman–Crippen MR) is 92.1 cm³/mol. The third kappa shape index (κ3) is 3.24. The van der Waals surface area contributed by atoms with Crippen LogP contribution in [-0.4, -0.2) is 48.5 Å². The zero-order valence-corrected chi connectivity index (χ0v) is 14.6. The molecule has 0 radical (unpaired) electrons. The zero-order chi connectivity index (χ0) is 17.3. The fourth-order valence-corrected chi connectivity index (χ4v) is 3.40. The van der Waals surface area contributed by atoms with Crippen LogP contribution in [0.3, 0.4) is 0 Å². The molecule has 1 atom stereocenters. The van der Waals surface area contributed by atoms with E-state index in [1.165, 1.54) is 11.3 Å². The SMILES string of the molecule is CN(C)C(=O)C[NH+](C)Cc1nc2scc(-c3ccco3)c2c(=O)[nH]1. The van der Waals surface area contributed by atoms with Crippen LogP contribution >= 0.6 is 11.3 Å². The Bertz CT molecular complexity index is 911. The van der Waals surface area contributed by atoms with Crippen LogP contribution in [0.4, 0.5) is 0 Å². The van der Waals surface area contributed by atoms with Crippen molar-refractivity contribution in [1.29, 1.82) is 0 Å². The van der Waals surface area contributed by atoms with E-state index in [-0.39, 0.29) is 11.5 Å². The van der Waals surface area contributed by atoms with Crippen molar-refractivity contribution in [3.63, 3.8) is 0 Å². The van der Waals surface area contributed by atoms with Gasteiger partial charge >= 0.3 is 0 Å². The normalized spacial score (nSPS) is 12.5. The number of carbonyl (C=O) groups excluding carboxylic acids is 1. The Labute approximate surface area is 142 Å². The fourth-order valence-electron chi connectivity index (χ4n) is 2.45. The lowest BCUT2D eigenvalue weighted by Crippen LogP contribution is -3.09. The third-order valence-electron chi connectivity index (χ3n) is 3.70. The van der Waals surface area contributed by atoms with Crippen LogP contribution in [0.15, 0.2) is 33.0 Å². The highest BCUT2D eigenvalue weighted by Gasteiger charge is 2.17. The molecule has 7 nitrogen and oxygen atoms in total. The first-order chi connectivity index (χ1) is 11.5. The number of thiophene rings is 1. The quantitative estimate of drug-likeness (QED) is 0.697. The lowest BCUT2D eigenvalue weighted by Gasteiger charge is -2.15. The number of hydrogen-bond acceptors (Lipinski definition) is 5. The number of likely N-dealkylation sites (N-methyl/N-ethyl adjacent to an activating group) is 2. The molecule has 2 N–H and O–H groups in total. The van der Waals surface area contributed by atoms with Crippen molar-refractivity contribution in [2.75, 3.05) is 27.7 Å². The molecular formula is C16H19N4O3S+. The highest BCUT2D eigenvalue weighted by molar-refractivity contribution is 7.17. The monoisotopic (exact) mass is 347 g/mol. The van der Waals surface area contributed by atoms with Crippen molar-refractivity contribution in [3.05, 3.63) is 40.0 Å². The van der Waals surface area contributed by atoms with Gasteiger partial charge in [-0.05, 0) is 12.1 Å². The summed E-state index contributed by atoms with van der Waals surface area (Å²) in [7, 11) is 5.35. The number of rotatable bonds is 5. The molecule has 8 heteroatoms. The molecule has 0 saturated carbocycles. The van der Waals surface area contributed by atoms with Gasteiger partial charge in [-0.15, -0.1) is 11.3 Å². The van der Waals surface area contributed by atoms with E-state index in [4.69, 9.17) is 4.42 Å². The van der Waals surface area contributed by atoms with E-state index in [9.17, 15) is 9.59 Å². The van der Waals surface area contributed by atoms with Gasteiger partial charge in [-0.3, -0.25) is 9.59 Å². The predicted octanol–water partition coefficient (Wildman–Crippen LogP) is 0.348. The number of aromatic nitrogens is 2. The maximum absolute atomic E-state index is 12.5. The molecule has 3 aromatic heterocycles. The van der Waals surface area contributed by atoms with Crippen molar-refractivity contribution in [2.45, 2.75) is 6.54 Å². The van der Waals surface area contributed by atoms with E-state index in [0.717, 1.165) is 10.5 Å². The molecule has 0 spiro atoms. The Morgan fingerprint density at radius 2 is 2.25 bits per heavy atom. The summed E-state index contributed by atoms with van der Waals surface area (Å²) in [4.78, 5) is 34.8. The number of nitrogens with zero attached hydrogens (tertiary/aromatic N) is 2. The average Bonchev–Trinajstić information content (AvgIpc) is 3.14. The number of aromatic amines is 1. The van der Waals surface area contributed by atoms with Gasteiger partial charge in [-0.25, -0.2) is 4.98 Å². The summed E-state index contributed by atoms with van der Waals surface area (Å²) in [6.07, 6.45) is 1.58. The summed E-state index contributed by atoms with van der Waals surface area (Å²) in [6.45, 7) is 0.815. The number of hydrogen-bond donors (Lipinski definition) is 2. The van der Waals surface area contributed by atoms with Gasteiger partial charge in [-0.1, -0.05) is 0 Å². The number of H-pyrrole nitrogens is 1. The Balaban J connectivity index is 1.87. The van der Waals surface area contributed by atoms with Gasteiger partial charge in [0.05, 0.1) is 18.7 Å². The second-order valence-electron chi connectivity index (χ2n) is 5.92. The third-order valence-corrected chi connectivity index (χ3v) is 4.57. The Morgan fingerprint density at radius 3 is 2.92 bits per heavy atom. The van der Waals surface area contributed by atoms with Gasteiger partial charge in [0.25, 0.3) is 11.5 Å². The van der Waals surface area contributed by atoms with Crippen LogP contribution in [0.1, 0.15) is 5.82 Å². The van der Waals surface area contributed by atoms with E-state index >= 15 is 0 Å². The molecule has 3 heterocycles. The Kier molecular flexibility index (Phi) is 4.50. The number of nitrogens with one attached hydrogen (secondary N) is 2. The zero-order valence-electron chi connectivity index (χ0n) is 13.8. The first-order valence-corrected chi connectivity index (χ1v) is 8.39. The first kappa shape index (κ1) is 16.4. The van der Waals surface area contributed by atoms with E-state index in [1.807, 2.05) is 18.5 Å². The largest absolute Gasteiger partial charge is 0.464 e. The summed E-state index contributed by atoms with van der Waals surface area (Å²) < 4.78 is 5.38. The summed E-state index contributed by atoms with van der Waals surface area (Å²) in [5.41, 5.74) is 0.568. The van der Waals surface area contributed by atoms with Gasteiger partial charge in [0, 0.05) is 25.0 Å². The van der Waals surface area contributed by atoms with Crippen LogP contribution in [-0.2, 0) is 11.3 Å². The van der Waals surface area contributed by atoms with Crippen molar-refractivity contribution in [3.8, 4) is 11.3 Å². The minimum atomic E-state index is -0.186. The van der Waals surface area contributed by atoms with Crippen LogP contribution in [0.2, 0.25) is 0 Å². The topological polar surface area (TPSA) is 83.6 Å². The van der Waals surface area contributed by atoms with Gasteiger partial charge < -0.3 is 19.2 Å². The molecule has 1 unspecified atom stereocenters. The smallest absolute Gasteiger partial charge is 0.277 e. The van der Waals surface area contributed by atoms with Gasteiger partial charge in [0.2, 0.25) is 0 Å². The molecule has 24 heavy (non-hydrogen) atoms. The molecule has 3 aromatic rings. The summed E-state index contributed by atoms with van der Waals surface area (Å²) >= 11 is 1.41. The van der Waals surface area contributed by atoms with Crippen LogP contribution in [0.25, 0.3) is 21.5 Å². The number of furan rings is 1. The molecule has 1 amide bonds. The molecule has 0 aliphatic rings. The van der Waals surface area contributed by atoms with Crippen molar-refractivity contribution in [2.24, 2.45) is 0 Å². The molecule has 0 bridgehead atoms. The Hall–Kier alpha value is -2.45. The van der Waals surface area contributed by atoms with E-state index in [2.05, 4.69) is 9.97 Å². The number of fused-ring (bicyclic) bond motifs is 1. The maximum atomic E-state index is 12.5. The number of amides is 1. The highest BCUT2D eigenvalue weighted by Crippen LogP contribution is 2.30. The average molecular weight is 347 g/mol. The summed E-state index contributed by atoms with van der Waals surface area (Å²) in [5.74, 6) is 1.26. The molecule has 0 saturated heterocycles. The lowest BCUT2D eigenvalue weighted by molar-refractivity contribution is -0.886. The Morgan fingerprint density at radius 1 is 1.46 bits per heavy atom. The standard InChI is InChI=1S/C16H18N4O3S/c1-19(2)13(21)8-20(3)7-12-17-15(22)14-10(9-24-16(14)18-12)11-5-4-6-23-11/h4-6,9H,7-8H2,1-3H3,(H,17,18,22)/p+1. The molecule has 0 fully saturated rings. The van der Waals surface area contributed by atoms with E-state index < -0.39 is 0 Å². The van der Waals surface area contributed by atoms with Crippen molar-refractivity contribution in [1.82, 2.24) is 14.9 Å². The van der Waals surface area contributed by atoms with Crippen molar-refractivity contribution >= 4 is 27.5 Å². The fraction of sp³-hybridized carbons (Fsp3) is 0.312. The molecule has 0 aliphatic heterocycles. The second kappa shape index (κ2) is 6.58. The van der Waals surface area contributed by atoms with Gasteiger partial charge in [0.1, 0.15) is 17.1 Å². The van der Waals surface area contributed by atoms with Crippen LogP contribution in [0.5, 0.6) is 0 Å². The summed E-state index contributed by atoms with van der Waals surface area (Å²) in [5, 5.41) is 2.42. The molecule has 0 aliphatic carbocycles. The molecule has 0 aromatic carbocycles. The highest BCUT2D eigenvalue weighted by atomic mass is 32.1.